The van der Waals surface area contributed by atoms with E-state index in [4.69, 9.17) is 0 Å². The van der Waals surface area contributed by atoms with E-state index >= 15 is 0 Å². The van der Waals surface area contributed by atoms with Gasteiger partial charge in [-0.25, -0.2) is 0 Å². The average Bonchev–Trinajstić information content (AvgIpc) is 0.716. The average molecular weight is 1690 g/mol. The van der Waals surface area contributed by atoms with Gasteiger partial charge in [0.1, 0.15) is 0 Å². The third-order valence-electron chi connectivity index (χ3n) is 32.0. The fraction of sp³-hybridized carbons (Fsp3) is 0.368. The lowest BCUT2D eigenvalue weighted by Gasteiger charge is -2.64. The van der Waals surface area contributed by atoms with Crippen molar-refractivity contribution in [2.75, 3.05) is 18.5 Å². The van der Waals surface area contributed by atoms with Crippen molar-refractivity contribution < 1.29 is 0 Å². The van der Waals surface area contributed by atoms with Crippen LogP contribution in [0.2, 0.25) is 0 Å². The topological polar surface area (TPSA) is 0 Å². The molecule has 24 rings (SSSR count). The molecule has 0 radical (unpaired) electrons. The first-order chi connectivity index (χ1) is 58.4. The van der Waals surface area contributed by atoms with E-state index in [1.54, 1.807) is 42.4 Å². The Morgan fingerprint density at radius 1 is 0.208 bits per heavy atom. The summed E-state index contributed by atoms with van der Waals surface area (Å²) in [6.07, 6.45) is 16.7. The first-order valence-electron chi connectivity index (χ1n) is 45.8. The molecule has 0 spiro atoms. The summed E-state index contributed by atoms with van der Waals surface area (Å²) in [6, 6.07) is 137. The Balaban J connectivity index is 0.000000116. The van der Waals surface area contributed by atoms with Crippen LogP contribution < -0.4 is 63.7 Å². The summed E-state index contributed by atoms with van der Waals surface area (Å²) in [5.41, 5.74) is 4.40. The predicted molar refractivity (Wildman–Crippen MR) is 534 cm³/mol. The van der Waals surface area contributed by atoms with Gasteiger partial charge in [-0.05, 0) is 297 Å². The molecule has 16 atom stereocenters. The Labute approximate surface area is 730 Å². The maximum atomic E-state index is 2.57. The van der Waals surface area contributed by atoms with Gasteiger partial charge in [-0.15, -0.1) is 0 Å². The largest absolute Gasteiger partial charge is 0.0651 e. The molecule has 0 aliphatic heterocycles. The number of hydrogen-bond acceptors (Lipinski definition) is 0. The van der Waals surface area contributed by atoms with Gasteiger partial charge in [0.2, 0.25) is 0 Å². The molecule has 12 fully saturated rings. The van der Waals surface area contributed by atoms with Crippen LogP contribution in [0.15, 0.2) is 364 Å². The molecule has 12 aliphatic carbocycles. The first-order valence-corrected chi connectivity index (χ1v) is 54.6. The Kier molecular flexibility index (Phi) is 27.0. The molecular formula is C114H130P6. The summed E-state index contributed by atoms with van der Waals surface area (Å²) in [4.78, 5) is 0. The van der Waals surface area contributed by atoms with Crippen LogP contribution in [-0.2, 0) is 0 Å². The monoisotopic (exact) mass is 1680 g/mol. The van der Waals surface area contributed by atoms with Gasteiger partial charge in [0, 0.05) is 0 Å². The predicted octanol–water partition coefficient (Wildman–Crippen LogP) is 25.6. The summed E-state index contributed by atoms with van der Waals surface area (Å²) < 4.78 is 0. The van der Waals surface area contributed by atoms with Crippen molar-refractivity contribution in [3.63, 3.8) is 0 Å². The summed E-state index contributed by atoms with van der Waals surface area (Å²) in [6.45, 7) is 25.3. The quantitative estimate of drug-likeness (QED) is 0.0593. The van der Waals surface area contributed by atoms with Crippen LogP contribution in [0.3, 0.4) is 0 Å². The SMILES string of the molecule is CC1(C)[C@@H]2C[C@@H](P(c3ccccc3)c3ccccc3)[C@@H](CP(c3ccccc3)c3ccccc3)[C@H]1C2.CC1(C)[C@H]2C[C@@H]1[C@@H](CP(c1ccccc1)c1ccccc1)[C@@H](P(c1ccccc1)c1ccccc1)C2.CC[C@@H]1[C@H](P(c2ccccc2)c2ccccc2)C[C@@H]2C[C@H]1C2(C)C.C[C@H]1C[C@@H]2C[C@H]([C@H]1CP(c1ccccc1)c1ccccc1)C2(C)C. The number of hydrogen-bond donors (Lipinski definition) is 0. The van der Waals surface area contributed by atoms with Gasteiger partial charge in [-0.2, -0.15) is 0 Å². The molecular weight excluding hydrogens is 1560 g/mol. The molecule has 6 heteroatoms. The summed E-state index contributed by atoms with van der Waals surface area (Å²) >= 11 is 0. The minimum atomic E-state index is -0.404. The molecule has 0 N–H and O–H groups in total. The van der Waals surface area contributed by atoms with E-state index in [0.29, 0.717) is 21.7 Å². The van der Waals surface area contributed by atoms with Gasteiger partial charge in [0.05, 0.1) is 0 Å². The lowest BCUT2D eigenvalue weighted by molar-refractivity contribution is -0.123. The Morgan fingerprint density at radius 3 is 0.575 bits per heavy atom. The van der Waals surface area contributed by atoms with Crippen LogP contribution in [0.25, 0.3) is 0 Å². The third-order valence-corrected chi connectivity index (χ3v) is 48.7. The van der Waals surface area contributed by atoms with Crippen molar-refractivity contribution in [2.24, 2.45) is 98.6 Å². The molecule has 616 valence electrons. The maximum absolute atomic E-state index is 2.57. The van der Waals surface area contributed by atoms with Crippen molar-refractivity contribution in [3.05, 3.63) is 364 Å². The summed E-state index contributed by atoms with van der Waals surface area (Å²) in [5.74, 6) is 11.3. The molecule has 0 unspecified atom stereocenters. The van der Waals surface area contributed by atoms with E-state index in [2.05, 4.69) is 433 Å². The molecule has 0 aromatic heterocycles. The second-order valence-corrected chi connectivity index (χ2v) is 53.2. The molecule has 12 aromatic carbocycles. The van der Waals surface area contributed by atoms with Crippen LogP contribution in [0.4, 0.5) is 0 Å². The Bertz CT molecular complexity index is 4680. The van der Waals surface area contributed by atoms with Crippen LogP contribution in [0.1, 0.15) is 127 Å². The highest BCUT2D eigenvalue weighted by molar-refractivity contribution is 7.75. The minimum Gasteiger partial charge on any atom is -0.0651 e. The molecule has 120 heavy (non-hydrogen) atoms. The second-order valence-electron chi connectivity index (χ2n) is 39.1. The molecule has 0 amide bonds. The molecule has 0 heterocycles. The molecule has 12 aromatic rings. The Hall–Kier alpha value is -6.78. The van der Waals surface area contributed by atoms with Gasteiger partial charge in [0.15, 0.2) is 0 Å². The van der Waals surface area contributed by atoms with E-state index in [1.807, 2.05) is 0 Å². The summed E-state index contributed by atoms with van der Waals surface area (Å²) in [5, 5.41) is 18.6. The van der Waals surface area contributed by atoms with Crippen molar-refractivity contribution in [3.8, 4) is 0 Å². The van der Waals surface area contributed by atoms with Crippen LogP contribution in [-0.4, -0.2) is 35.5 Å². The third kappa shape index (κ3) is 17.8. The van der Waals surface area contributed by atoms with Crippen LogP contribution >= 0.6 is 47.5 Å². The number of rotatable bonds is 22. The van der Waals surface area contributed by atoms with E-state index < -0.39 is 31.7 Å². The van der Waals surface area contributed by atoms with E-state index in [9.17, 15) is 0 Å². The molecule has 0 saturated heterocycles. The van der Waals surface area contributed by atoms with Gasteiger partial charge in [-0.1, -0.05) is 440 Å². The van der Waals surface area contributed by atoms with E-state index in [0.717, 1.165) is 93.9 Å². The van der Waals surface area contributed by atoms with Gasteiger partial charge >= 0.3 is 0 Å². The molecule has 8 bridgehead atoms. The molecule has 0 nitrogen and oxygen atoms in total. The van der Waals surface area contributed by atoms with Crippen molar-refractivity contribution in [2.45, 2.75) is 144 Å². The van der Waals surface area contributed by atoms with Crippen LogP contribution in [0.5, 0.6) is 0 Å². The van der Waals surface area contributed by atoms with Gasteiger partial charge in [-0.3, -0.25) is 0 Å². The van der Waals surface area contributed by atoms with Gasteiger partial charge < -0.3 is 0 Å². The zero-order chi connectivity index (χ0) is 82.5. The highest BCUT2D eigenvalue weighted by Gasteiger charge is 2.62. The zero-order valence-corrected chi connectivity index (χ0v) is 78.4. The second kappa shape index (κ2) is 38.0. The first kappa shape index (κ1) is 85.4. The lowest BCUT2D eigenvalue weighted by Crippen LogP contribution is -2.58. The highest BCUT2D eigenvalue weighted by Crippen LogP contribution is 2.72. The fourth-order valence-corrected chi connectivity index (χ4v) is 43.0. The summed E-state index contributed by atoms with van der Waals surface area (Å²) in [7, 11) is -2.10. The zero-order valence-electron chi connectivity index (χ0n) is 73.0. The fourth-order valence-electron chi connectivity index (χ4n) is 24.7. The molecule has 12 aliphatic rings. The van der Waals surface area contributed by atoms with Crippen LogP contribution in [0, 0.1) is 98.6 Å². The lowest BCUT2D eigenvalue weighted by atomic mass is 9.44. The van der Waals surface area contributed by atoms with Crippen molar-refractivity contribution in [1.29, 1.82) is 0 Å². The van der Waals surface area contributed by atoms with E-state index in [1.165, 1.54) is 97.5 Å². The van der Waals surface area contributed by atoms with Crippen molar-refractivity contribution in [1.82, 2.24) is 0 Å². The smallest absolute Gasteiger partial charge is 0.00912 e. The van der Waals surface area contributed by atoms with E-state index in [-0.39, 0.29) is 15.8 Å². The standard InChI is InChI=1S/2C34H36P2.2C23H29P/c2*1-34(2)26-23-32(34)31(25-35(27-15-7-3-8-16-27)28-17-9-4-10-18-28)33(24-26)36(29-19-11-5-12-20-29)30-21-13-6-14-22-30;1-17-14-18-15-22(23(18,2)3)21(17)16-24(19-10-6-4-7-11-19)20-12-8-5-9-13-20;1-4-20-21-15-17(23(21,2)3)16-22(20)24(18-11-7-5-8-12-18)19-13-9-6-10-14-19/h2*3-22,26,31-33H,23-25H2,1-2H3;4-13,17-18,21-22H,14-16H2,1-3H3;5-14,17,20-22H,4,15-16H2,1-3H3/t26-,31+,32+,33-;26-,31-,32+,33+;17-,18+,21-,22+;17-,20-,21+,22+/m0000/s1. The highest BCUT2D eigenvalue weighted by atomic mass is 31.1. The molecule has 12 saturated carbocycles. The normalized spacial score (nSPS) is 27.0. The van der Waals surface area contributed by atoms with Crippen molar-refractivity contribution >= 4 is 111 Å². The number of fused-ring (bicyclic) bond motifs is 8. The minimum absolute atomic E-state index is 0.244. The number of benzene rings is 12. The maximum Gasteiger partial charge on any atom is -0.00912 e. The van der Waals surface area contributed by atoms with Gasteiger partial charge in [0.25, 0.3) is 0 Å². The Morgan fingerprint density at radius 2 is 0.375 bits per heavy atom.